The van der Waals surface area contributed by atoms with Crippen molar-refractivity contribution in [1.82, 2.24) is 0 Å². The third kappa shape index (κ3) is 3.28. The van der Waals surface area contributed by atoms with E-state index in [0.717, 1.165) is 0 Å². The lowest BCUT2D eigenvalue weighted by atomic mass is 9.91. The highest BCUT2D eigenvalue weighted by atomic mass is 16.3. The molecule has 3 rings (SSSR count). The van der Waals surface area contributed by atoms with Gasteiger partial charge in [-0.2, -0.15) is 0 Å². The maximum Gasteiger partial charge on any atom is 0.173 e. The Labute approximate surface area is 179 Å². The number of fused-ring (bicyclic) bond motifs is 3. The van der Waals surface area contributed by atoms with E-state index in [4.69, 9.17) is 4.42 Å². The quantitative estimate of drug-likeness (QED) is 0.383. The third-order valence-electron chi connectivity index (χ3n) is 5.90. The molecule has 1 atom stereocenters. The highest BCUT2D eigenvalue weighted by Crippen LogP contribution is 2.51. The number of hydrogen-bond donors (Lipinski definition) is 4. The Morgan fingerprint density at radius 2 is 1.26 bits per heavy atom. The maximum atomic E-state index is 12.9. The van der Waals surface area contributed by atoms with Crippen molar-refractivity contribution in [3.63, 3.8) is 0 Å². The average molecular weight is 428 g/mol. The van der Waals surface area contributed by atoms with Gasteiger partial charge >= 0.3 is 0 Å². The van der Waals surface area contributed by atoms with Gasteiger partial charge < -0.3 is 24.8 Å². The molecule has 2 aromatic carbocycles. The number of carbonyl (C=O) groups is 2. The second-order valence-electron chi connectivity index (χ2n) is 8.60. The van der Waals surface area contributed by atoms with Crippen LogP contribution in [0.15, 0.2) is 4.42 Å². The van der Waals surface area contributed by atoms with Gasteiger partial charge in [-0.25, -0.2) is 0 Å². The molecule has 0 aliphatic heterocycles. The van der Waals surface area contributed by atoms with Gasteiger partial charge in [-0.05, 0) is 26.2 Å². The van der Waals surface area contributed by atoms with Crippen LogP contribution in [-0.4, -0.2) is 32.0 Å². The standard InChI is InChI=1S/C24H28O7/c1-7-10(4)18(26)17-20(28)12(6)24-16(22(17)30)15-21(29)14(13(25)8-9(2)3)19(27)11(5)23(15)31-24/h9-10,27-30H,7-8H2,1-6H3. The van der Waals surface area contributed by atoms with E-state index in [1.807, 2.05) is 20.8 Å². The predicted molar refractivity (Wildman–Crippen MR) is 117 cm³/mol. The van der Waals surface area contributed by atoms with Crippen LogP contribution < -0.4 is 0 Å². The molecule has 0 spiro atoms. The Morgan fingerprint density at radius 3 is 1.71 bits per heavy atom. The number of rotatable bonds is 6. The van der Waals surface area contributed by atoms with Crippen LogP contribution in [0.25, 0.3) is 21.9 Å². The van der Waals surface area contributed by atoms with Crippen LogP contribution in [0.4, 0.5) is 0 Å². The molecule has 0 saturated carbocycles. The first-order chi connectivity index (χ1) is 14.4. The molecule has 0 aliphatic carbocycles. The second kappa shape index (κ2) is 7.80. The normalized spacial score (nSPS) is 12.7. The van der Waals surface area contributed by atoms with Crippen molar-refractivity contribution in [3.8, 4) is 23.0 Å². The summed E-state index contributed by atoms with van der Waals surface area (Å²) in [7, 11) is 0. The number of benzene rings is 2. The molecule has 3 aromatic rings. The van der Waals surface area contributed by atoms with Crippen molar-refractivity contribution in [2.45, 2.75) is 54.4 Å². The largest absolute Gasteiger partial charge is 0.507 e. The molecule has 31 heavy (non-hydrogen) atoms. The zero-order valence-electron chi connectivity index (χ0n) is 18.6. The molecule has 7 heteroatoms. The number of ketones is 2. The molecule has 4 N–H and O–H groups in total. The lowest BCUT2D eigenvalue weighted by molar-refractivity contribution is 0.0920. The first-order valence-electron chi connectivity index (χ1n) is 10.4. The SMILES string of the molecule is CCC(C)C(=O)c1c(O)c(C)c2oc3c(C)c(O)c(C(=O)CC(C)C)c(O)c3c2c1O. The van der Waals surface area contributed by atoms with E-state index in [2.05, 4.69) is 0 Å². The van der Waals surface area contributed by atoms with E-state index in [1.54, 1.807) is 6.92 Å². The summed E-state index contributed by atoms with van der Waals surface area (Å²) in [5.74, 6) is -3.18. The van der Waals surface area contributed by atoms with E-state index < -0.39 is 40.5 Å². The van der Waals surface area contributed by atoms with Gasteiger partial charge in [0.15, 0.2) is 11.6 Å². The lowest BCUT2D eigenvalue weighted by Crippen LogP contribution is -2.11. The molecule has 1 aromatic heterocycles. The summed E-state index contributed by atoms with van der Waals surface area (Å²) < 4.78 is 5.81. The van der Waals surface area contributed by atoms with E-state index in [1.165, 1.54) is 13.8 Å². The van der Waals surface area contributed by atoms with Crippen LogP contribution in [0, 0.1) is 25.7 Å². The van der Waals surface area contributed by atoms with E-state index >= 15 is 0 Å². The fourth-order valence-electron chi connectivity index (χ4n) is 3.88. The predicted octanol–water partition coefficient (Wildman–Crippen LogP) is 5.48. The zero-order chi connectivity index (χ0) is 23.4. The van der Waals surface area contributed by atoms with E-state index in [9.17, 15) is 30.0 Å². The van der Waals surface area contributed by atoms with E-state index in [0.29, 0.717) is 6.42 Å². The fourth-order valence-corrected chi connectivity index (χ4v) is 3.88. The fraction of sp³-hybridized carbons (Fsp3) is 0.417. The van der Waals surface area contributed by atoms with Crippen molar-refractivity contribution in [3.05, 3.63) is 22.3 Å². The number of aryl methyl sites for hydroxylation is 2. The molecule has 0 fully saturated rings. The Balaban J connectivity index is 2.51. The number of aromatic hydroxyl groups is 4. The zero-order valence-corrected chi connectivity index (χ0v) is 18.6. The minimum Gasteiger partial charge on any atom is -0.507 e. The number of phenolic OH excluding ortho intramolecular Hbond substituents is 4. The highest BCUT2D eigenvalue weighted by Gasteiger charge is 2.32. The minimum absolute atomic E-state index is 0.00394. The summed E-state index contributed by atoms with van der Waals surface area (Å²) in [6.45, 7) is 10.3. The van der Waals surface area contributed by atoms with Gasteiger partial charge in [0.05, 0.1) is 10.8 Å². The van der Waals surface area contributed by atoms with Gasteiger partial charge in [0, 0.05) is 23.5 Å². The second-order valence-corrected chi connectivity index (χ2v) is 8.60. The van der Waals surface area contributed by atoms with Crippen molar-refractivity contribution in [1.29, 1.82) is 0 Å². The molecule has 0 amide bonds. The molecular weight excluding hydrogens is 400 g/mol. The van der Waals surface area contributed by atoms with Gasteiger partial charge in [0.25, 0.3) is 0 Å². The summed E-state index contributed by atoms with van der Waals surface area (Å²) in [5, 5.41) is 43.3. The smallest absolute Gasteiger partial charge is 0.173 e. The first kappa shape index (κ1) is 22.5. The van der Waals surface area contributed by atoms with Crippen molar-refractivity contribution in [2.24, 2.45) is 11.8 Å². The summed E-state index contributed by atoms with van der Waals surface area (Å²) in [5.41, 5.74) is 0.0609. The summed E-state index contributed by atoms with van der Waals surface area (Å²) in [4.78, 5) is 25.6. The van der Waals surface area contributed by atoms with Crippen molar-refractivity contribution in [2.75, 3.05) is 0 Å². The molecule has 0 aliphatic rings. The molecule has 0 saturated heterocycles. The molecular formula is C24H28O7. The van der Waals surface area contributed by atoms with Gasteiger partial charge in [0.2, 0.25) is 0 Å². The Kier molecular flexibility index (Phi) is 5.65. The van der Waals surface area contributed by atoms with Crippen LogP contribution in [0.1, 0.15) is 72.4 Å². The van der Waals surface area contributed by atoms with Crippen LogP contribution >= 0.6 is 0 Å². The van der Waals surface area contributed by atoms with Gasteiger partial charge in [0.1, 0.15) is 45.3 Å². The number of furan rings is 1. The Hall–Kier alpha value is -3.22. The third-order valence-corrected chi connectivity index (χ3v) is 5.90. The van der Waals surface area contributed by atoms with Gasteiger partial charge in [-0.3, -0.25) is 9.59 Å². The van der Waals surface area contributed by atoms with Crippen LogP contribution in [0.3, 0.4) is 0 Å². The van der Waals surface area contributed by atoms with Crippen LogP contribution in [0.2, 0.25) is 0 Å². The number of hydrogen-bond acceptors (Lipinski definition) is 7. The number of Topliss-reactive ketones (excluding diaryl/α,β-unsaturated/α-hetero) is 2. The average Bonchev–Trinajstić information content (AvgIpc) is 3.11. The molecule has 166 valence electrons. The minimum atomic E-state index is -0.523. The highest BCUT2D eigenvalue weighted by molar-refractivity contribution is 6.21. The molecule has 0 radical (unpaired) electrons. The van der Waals surface area contributed by atoms with Gasteiger partial charge in [-0.15, -0.1) is 0 Å². The molecule has 1 heterocycles. The molecule has 1 unspecified atom stereocenters. The summed E-state index contributed by atoms with van der Waals surface area (Å²) in [6.07, 6.45) is 0.610. The lowest BCUT2D eigenvalue weighted by Gasteiger charge is -2.14. The summed E-state index contributed by atoms with van der Waals surface area (Å²) >= 11 is 0. The van der Waals surface area contributed by atoms with Gasteiger partial charge in [-0.1, -0.05) is 27.7 Å². The maximum absolute atomic E-state index is 12.9. The molecule has 7 nitrogen and oxygen atoms in total. The van der Waals surface area contributed by atoms with Crippen LogP contribution in [-0.2, 0) is 0 Å². The Bertz CT molecular complexity index is 1230. The summed E-state index contributed by atoms with van der Waals surface area (Å²) in [6, 6.07) is 0. The van der Waals surface area contributed by atoms with Crippen molar-refractivity contribution >= 4 is 33.5 Å². The Morgan fingerprint density at radius 1 is 0.806 bits per heavy atom. The topological polar surface area (TPSA) is 128 Å². The van der Waals surface area contributed by atoms with Crippen molar-refractivity contribution < 1.29 is 34.4 Å². The monoisotopic (exact) mass is 428 g/mol. The van der Waals surface area contributed by atoms with Crippen LogP contribution in [0.5, 0.6) is 23.0 Å². The first-order valence-corrected chi connectivity index (χ1v) is 10.4. The number of phenols is 4. The van der Waals surface area contributed by atoms with E-state index in [-0.39, 0.29) is 56.5 Å². The molecule has 0 bridgehead atoms. The number of carbonyl (C=O) groups excluding carboxylic acids is 2.